The van der Waals surface area contributed by atoms with Crippen molar-refractivity contribution in [2.24, 2.45) is 5.92 Å². The van der Waals surface area contributed by atoms with Gasteiger partial charge in [0.1, 0.15) is 0 Å². The summed E-state index contributed by atoms with van der Waals surface area (Å²) in [4.78, 5) is 0. The zero-order chi connectivity index (χ0) is 14.8. The Bertz CT molecular complexity index is 336. The fourth-order valence-electron chi connectivity index (χ4n) is 3.37. The van der Waals surface area contributed by atoms with Gasteiger partial charge in [0.05, 0.1) is 0 Å². The van der Waals surface area contributed by atoms with Gasteiger partial charge in [-0.25, -0.2) is 0 Å². The van der Waals surface area contributed by atoms with E-state index in [0.717, 1.165) is 5.92 Å². The van der Waals surface area contributed by atoms with Crippen LogP contribution in [0.15, 0.2) is 30.3 Å². The summed E-state index contributed by atoms with van der Waals surface area (Å²) in [5, 5.41) is 0. The first kappa shape index (κ1) is 18.1. The van der Waals surface area contributed by atoms with Gasteiger partial charge in [-0.2, -0.15) is 0 Å². The van der Waals surface area contributed by atoms with Gasteiger partial charge >= 0.3 is 131 Å². The number of hydrogen-bond donors (Lipinski definition) is 0. The number of hydrogen-bond acceptors (Lipinski definition) is 0. The minimum absolute atomic E-state index is 0.916. The third-order valence-electron chi connectivity index (χ3n) is 4.84. The van der Waals surface area contributed by atoms with Gasteiger partial charge in [-0.05, 0) is 0 Å². The molecule has 0 aromatic heterocycles. The topological polar surface area (TPSA) is 0 Å². The van der Waals surface area contributed by atoms with E-state index in [0.29, 0.717) is 0 Å². The Morgan fingerprint density at radius 2 is 1.45 bits per heavy atom. The molecule has 1 aromatic rings. The van der Waals surface area contributed by atoms with Gasteiger partial charge in [0, 0.05) is 0 Å². The molecular weight excluding hydrogens is 347 g/mol. The molecule has 0 heterocycles. The summed E-state index contributed by atoms with van der Waals surface area (Å²) in [5.74, 6) is 0.916. The minimum atomic E-state index is -2.18. The summed E-state index contributed by atoms with van der Waals surface area (Å²) in [6.07, 6.45) is 6.97. The van der Waals surface area contributed by atoms with Crippen LogP contribution in [0.5, 0.6) is 0 Å². The van der Waals surface area contributed by atoms with E-state index in [1.807, 2.05) is 0 Å². The van der Waals surface area contributed by atoms with Gasteiger partial charge in [0.25, 0.3) is 0 Å². The molecule has 0 fully saturated rings. The Labute approximate surface area is 131 Å². The molecule has 0 N–H and O–H groups in total. The fraction of sp³-hybridized carbons (Fsp3) is 0.684. The first-order valence-electron chi connectivity index (χ1n) is 8.74. The van der Waals surface area contributed by atoms with Crippen molar-refractivity contribution >= 4 is 22.0 Å². The van der Waals surface area contributed by atoms with Crippen LogP contribution in [0.1, 0.15) is 59.8 Å². The fourth-order valence-corrected chi connectivity index (χ4v) is 20.6. The Morgan fingerprint density at radius 1 is 0.900 bits per heavy atom. The molecule has 1 aromatic carbocycles. The summed E-state index contributed by atoms with van der Waals surface area (Å²) in [7, 11) is 0. The van der Waals surface area contributed by atoms with E-state index < -0.39 is 18.4 Å². The molecule has 114 valence electrons. The predicted octanol–water partition coefficient (Wildman–Crippen LogP) is 5.99. The summed E-state index contributed by atoms with van der Waals surface area (Å²) < 4.78 is 6.50. The SMILES string of the molecule is CCC[CH2][Sn]([CH2]CCC)([CH2]C(C)CC)[c]1ccccc1. The van der Waals surface area contributed by atoms with Gasteiger partial charge in [-0.15, -0.1) is 0 Å². The molecular formula is C19H34Sn. The molecule has 1 heteroatoms. The van der Waals surface area contributed by atoms with Crippen molar-refractivity contribution < 1.29 is 0 Å². The van der Waals surface area contributed by atoms with Crippen molar-refractivity contribution in [3.8, 4) is 0 Å². The van der Waals surface area contributed by atoms with Crippen LogP contribution >= 0.6 is 0 Å². The number of unbranched alkanes of at least 4 members (excludes halogenated alkanes) is 2. The van der Waals surface area contributed by atoms with Gasteiger partial charge in [-0.3, -0.25) is 0 Å². The Morgan fingerprint density at radius 3 is 1.90 bits per heavy atom. The monoisotopic (exact) mass is 382 g/mol. The quantitative estimate of drug-likeness (QED) is 0.437. The van der Waals surface area contributed by atoms with Crippen LogP contribution < -0.4 is 3.58 Å². The Hall–Kier alpha value is 0.0187. The molecule has 0 aliphatic rings. The van der Waals surface area contributed by atoms with Gasteiger partial charge < -0.3 is 0 Å². The van der Waals surface area contributed by atoms with Gasteiger partial charge in [0.15, 0.2) is 0 Å². The molecule has 0 saturated heterocycles. The van der Waals surface area contributed by atoms with E-state index in [2.05, 4.69) is 58.0 Å². The second-order valence-corrected chi connectivity index (χ2v) is 19.5. The zero-order valence-corrected chi connectivity index (χ0v) is 17.0. The van der Waals surface area contributed by atoms with Crippen molar-refractivity contribution in [2.45, 2.75) is 73.1 Å². The first-order chi connectivity index (χ1) is 9.68. The normalized spacial score (nSPS) is 13.4. The van der Waals surface area contributed by atoms with Crippen molar-refractivity contribution in [1.29, 1.82) is 0 Å². The predicted molar refractivity (Wildman–Crippen MR) is 95.5 cm³/mol. The molecule has 0 saturated carbocycles. The average Bonchev–Trinajstić information content (AvgIpc) is 2.50. The van der Waals surface area contributed by atoms with Crippen LogP contribution in [0.3, 0.4) is 0 Å². The van der Waals surface area contributed by atoms with E-state index in [1.165, 1.54) is 32.1 Å². The van der Waals surface area contributed by atoms with Crippen LogP contribution in [-0.4, -0.2) is 18.4 Å². The number of benzene rings is 1. The standard InChI is InChI=1S/C6H5.C5H11.2C4H9.Sn/c1-2-4-6-5-3-1;1-4-5(2)3;2*1-3-4-2;/h1-5H;5H,2,4H2,1,3H3;2*1,3-4H2,2H3;. The molecule has 0 spiro atoms. The maximum atomic E-state index is 2.48. The third kappa shape index (κ3) is 5.42. The van der Waals surface area contributed by atoms with Gasteiger partial charge in [0.2, 0.25) is 0 Å². The van der Waals surface area contributed by atoms with E-state index in [9.17, 15) is 0 Å². The third-order valence-corrected chi connectivity index (χ3v) is 21.0. The summed E-state index contributed by atoms with van der Waals surface area (Å²) in [6.45, 7) is 9.55. The molecule has 0 amide bonds. The van der Waals surface area contributed by atoms with Crippen molar-refractivity contribution in [3.05, 3.63) is 30.3 Å². The van der Waals surface area contributed by atoms with E-state index >= 15 is 0 Å². The van der Waals surface area contributed by atoms with Crippen molar-refractivity contribution in [3.63, 3.8) is 0 Å². The second-order valence-electron chi connectivity index (χ2n) is 6.57. The van der Waals surface area contributed by atoms with Crippen LogP contribution in [0.4, 0.5) is 0 Å². The molecule has 0 radical (unpaired) electrons. The summed E-state index contributed by atoms with van der Waals surface area (Å²) in [6, 6.07) is 11.7. The van der Waals surface area contributed by atoms with Crippen LogP contribution in [0.2, 0.25) is 13.3 Å². The molecule has 20 heavy (non-hydrogen) atoms. The molecule has 0 aliphatic carbocycles. The summed E-state index contributed by atoms with van der Waals surface area (Å²) in [5.41, 5.74) is 0. The molecule has 0 nitrogen and oxygen atoms in total. The van der Waals surface area contributed by atoms with E-state index in [-0.39, 0.29) is 0 Å². The molecule has 0 aliphatic heterocycles. The molecule has 1 atom stereocenters. The average molecular weight is 381 g/mol. The van der Waals surface area contributed by atoms with Crippen LogP contribution in [0, 0.1) is 5.92 Å². The van der Waals surface area contributed by atoms with Crippen LogP contribution in [-0.2, 0) is 0 Å². The van der Waals surface area contributed by atoms with Crippen molar-refractivity contribution in [1.82, 2.24) is 0 Å². The Kier molecular flexibility index (Phi) is 8.91. The van der Waals surface area contributed by atoms with Gasteiger partial charge in [-0.1, -0.05) is 0 Å². The van der Waals surface area contributed by atoms with E-state index in [1.54, 1.807) is 16.9 Å². The molecule has 0 bridgehead atoms. The van der Waals surface area contributed by atoms with Crippen LogP contribution in [0.25, 0.3) is 0 Å². The zero-order valence-electron chi connectivity index (χ0n) is 14.1. The van der Waals surface area contributed by atoms with E-state index in [4.69, 9.17) is 0 Å². The Balaban J connectivity index is 3.03. The molecule has 1 unspecified atom stereocenters. The summed E-state index contributed by atoms with van der Waals surface area (Å²) >= 11 is -2.18. The number of rotatable bonds is 10. The second kappa shape index (κ2) is 9.87. The first-order valence-corrected chi connectivity index (χ1v) is 16.2. The maximum absolute atomic E-state index is 2.48. The molecule has 1 rings (SSSR count). The van der Waals surface area contributed by atoms with Crippen molar-refractivity contribution in [2.75, 3.05) is 0 Å².